The largest absolute Gasteiger partial charge is 0.507 e. The van der Waals surface area contributed by atoms with E-state index in [4.69, 9.17) is 5.11 Å². The number of aliphatic hydroxyl groups excluding tert-OH is 1. The average Bonchev–Trinajstić information content (AvgIpc) is 2.26. The van der Waals surface area contributed by atoms with Crippen molar-refractivity contribution in [3.05, 3.63) is 24.3 Å². The second-order valence-electron chi connectivity index (χ2n) is 3.93. The third kappa shape index (κ3) is 3.42. The van der Waals surface area contributed by atoms with Crippen molar-refractivity contribution < 1.29 is 18.6 Å². The zero-order chi connectivity index (χ0) is 13.1. The van der Waals surface area contributed by atoms with Gasteiger partial charge in [0.25, 0.3) is 0 Å². The van der Waals surface area contributed by atoms with Gasteiger partial charge in [-0.2, -0.15) is 0 Å². The van der Waals surface area contributed by atoms with Crippen LogP contribution in [0.2, 0.25) is 0 Å². The number of benzene rings is 1. The lowest BCUT2D eigenvalue weighted by Gasteiger charge is -2.18. The van der Waals surface area contributed by atoms with Crippen LogP contribution >= 0.6 is 0 Å². The summed E-state index contributed by atoms with van der Waals surface area (Å²) in [5.74, 6) is -0.267. The smallest absolute Gasteiger partial charge is 0.246 e. The molecule has 6 heteroatoms. The van der Waals surface area contributed by atoms with Crippen LogP contribution in [0.4, 0.5) is 0 Å². The number of nitrogens with zero attached hydrogens (tertiary/aromatic N) is 1. The van der Waals surface area contributed by atoms with Crippen molar-refractivity contribution in [1.29, 1.82) is 0 Å². The van der Waals surface area contributed by atoms with E-state index in [1.807, 2.05) is 0 Å². The van der Waals surface area contributed by atoms with Crippen LogP contribution in [0.1, 0.15) is 13.3 Å². The fraction of sp³-hybridized carbons (Fsp3) is 0.455. The number of phenols is 1. The monoisotopic (exact) mass is 259 g/mol. The Morgan fingerprint density at radius 1 is 1.35 bits per heavy atom. The molecular weight excluding hydrogens is 242 g/mol. The zero-order valence-electron chi connectivity index (χ0n) is 9.87. The van der Waals surface area contributed by atoms with Gasteiger partial charge in [0.2, 0.25) is 10.0 Å². The van der Waals surface area contributed by atoms with E-state index in [-0.39, 0.29) is 17.2 Å². The lowest BCUT2D eigenvalue weighted by Crippen LogP contribution is -2.29. The predicted octanol–water partition coefficient (Wildman–Crippen LogP) is 0.784. The SMILES string of the molecule is CC(O)CCN(C)S(=O)(=O)c1ccccc1O. The molecule has 5 nitrogen and oxygen atoms in total. The van der Waals surface area contributed by atoms with E-state index in [2.05, 4.69) is 0 Å². The molecule has 0 amide bonds. The number of hydrogen-bond acceptors (Lipinski definition) is 4. The lowest BCUT2D eigenvalue weighted by atomic mass is 10.3. The molecule has 0 fully saturated rings. The molecule has 0 heterocycles. The molecule has 1 atom stereocenters. The minimum atomic E-state index is -3.69. The Morgan fingerprint density at radius 2 is 1.94 bits per heavy atom. The summed E-state index contributed by atoms with van der Waals surface area (Å²) in [6.45, 7) is 1.80. The highest BCUT2D eigenvalue weighted by Crippen LogP contribution is 2.24. The molecule has 17 heavy (non-hydrogen) atoms. The van der Waals surface area contributed by atoms with Gasteiger partial charge < -0.3 is 10.2 Å². The molecule has 0 aliphatic rings. The Balaban J connectivity index is 2.92. The van der Waals surface area contributed by atoms with Crippen LogP contribution in [0.15, 0.2) is 29.2 Å². The first kappa shape index (κ1) is 14.0. The third-order valence-corrected chi connectivity index (χ3v) is 4.32. The first-order chi connectivity index (χ1) is 7.85. The molecule has 1 aromatic rings. The summed E-state index contributed by atoms with van der Waals surface area (Å²) in [6, 6.07) is 5.79. The molecular formula is C11H17NO4S. The molecule has 0 bridgehead atoms. The maximum Gasteiger partial charge on any atom is 0.246 e. The third-order valence-electron chi connectivity index (χ3n) is 2.42. The topological polar surface area (TPSA) is 77.8 Å². The number of para-hydroxylation sites is 1. The van der Waals surface area contributed by atoms with E-state index in [1.165, 1.54) is 19.2 Å². The van der Waals surface area contributed by atoms with Crippen molar-refractivity contribution in [2.45, 2.75) is 24.3 Å². The maximum atomic E-state index is 12.0. The molecule has 0 radical (unpaired) electrons. The molecule has 1 rings (SSSR count). The molecule has 0 saturated heterocycles. The van der Waals surface area contributed by atoms with E-state index in [0.29, 0.717) is 6.42 Å². The van der Waals surface area contributed by atoms with Crippen LogP contribution in [0, 0.1) is 0 Å². The van der Waals surface area contributed by atoms with Gasteiger partial charge in [0.15, 0.2) is 0 Å². The number of aromatic hydroxyl groups is 1. The summed E-state index contributed by atoms with van der Waals surface area (Å²) < 4.78 is 25.2. The minimum Gasteiger partial charge on any atom is -0.507 e. The second kappa shape index (κ2) is 5.48. The molecule has 1 unspecified atom stereocenters. The Labute approximate surface area is 101 Å². The molecule has 0 saturated carbocycles. The fourth-order valence-corrected chi connectivity index (χ4v) is 2.60. The first-order valence-corrected chi connectivity index (χ1v) is 6.72. The molecule has 0 aromatic heterocycles. The van der Waals surface area contributed by atoms with Crippen molar-refractivity contribution in [1.82, 2.24) is 4.31 Å². The van der Waals surface area contributed by atoms with Crippen LogP contribution < -0.4 is 0 Å². The van der Waals surface area contributed by atoms with Gasteiger partial charge in [-0.3, -0.25) is 0 Å². The van der Waals surface area contributed by atoms with E-state index in [1.54, 1.807) is 19.1 Å². The van der Waals surface area contributed by atoms with Gasteiger partial charge in [-0.1, -0.05) is 12.1 Å². The standard InChI is InChI=1S/C11H17NO4S/c1-9(13)7-8-12(2)17(15,16)11-6-4-3-5-10(11)14/h3-6,9,13-14H,7-8H2,1-2H3. The number of phenolic OH excluding ortho intramolecular Hbond substituents is 1. The molecule has 96 valence electrons. The van der Waals surface area contributed by atoms with Crippen molar-refractivity contribution in [2.75, 3.05) is 13.6 Å². The summed E-state index contributed by atoms with van der Waals surface area (Å²) >= 11 is 0. The highest BCUT2D eigenvalue weighted by molar-refractivity contribution is 7.89. The molecule has 0 aliphatic heterocycles. The van der Waals surface area contributed by atoms with Crippen LogP contribution in [-0.4, -0.2) is 42.6 Å². The van der Waals surface area contributed by atoms with Crippen molar-refractivity contribution in [3.8, 4) is 5.75 Å². The Bertz CT molecular complexity index is 470. The van der Waals surface area contributed by atoms with E-state index in [9.17, 15) is 13.5 Å². The highest BCUT2D eigenvalue weighted by Gasteiger charge is 2.23. The summed E-state index contributed by atoms with van der Waals surface area (Å²) in [5.41, 5.74) is 0. The Hall–Kier alpha value is -1.11. The van der Waals surface area contributed by atoms with Crippen LogP contribution in [0.3, 0.4) is 0 Å². The quantitative estimate of drug-likeness (QED) is 0.819. The lowest BCUT2D eigenvalue weighted by molar-refractivity contribution is 0.177. The summed E-state index contributed by atoms with van der Waals surface area (Å²) in [7, 11) is -2.27. The van der Waals surface area contributed by atoms with Gasteiger partial charge in [-0.25, -0.2) is 12.7 Å². The van der Waals surface area contributed by atoms with Gasteiger partial charge in [0.1, 0.15) is 10.6 Å². The molecule has 0 aliphatic carbocycles. The highest BCUT2D eigenvalue weighted by atomic mass is 32.2. The first-order valence-electron chi connectivity index (χ1n) is 5.28. The maximum absolute atomic E-state index is 12.0. The molecule has 1 aromatic carbocycles. The number of hydrogen-bond donors (Lipinski definition) is 2. The van der Waals surface area contributed by atoms with Crippen LogP contribution in [0.5, 0.6) is 5.75 Å². The molecule has 2 N–H and O–H groups in total. The fourth-order valence-electron chi connectivity index (χ4n) is 1.33. The van der Waals surface area contributed by atoms with E-state index >= 15 is 0 Å². The number of rotatable bonds is 5. The van der Waals surface area contributed by atoms with Crippen LogP contribution in [-0.2, 0) is 10.0 Å². The Kier molecular flexibility index (Phi) is 4.50. The van der Waals surface area contributed by atoms with Gasteiger partial charge in [0, 0.05) is 13.6 Å². The van der Waals surface area contributed by atoms with Gasteiger partial charge in [-0.05, 0) is 25.5 Å². The second-order valence-corrected chi connectivity index (χ2v) is 5.95. The van der Waals surface area contributed by atoms with E-state index in [0.717, 1.165) is 4.31 Å². The van der Waals surface area contributed by atoms with Crippen molar-refractivity contribution in [2.24, 2.45) is 0 Å². The zero-order valence-corrected chi connectivity index (χ0v) is 10.7. The molecule has 0 spiro atoms. The predicted molar refractivity (Wildman–Crippen MR) is 64.2 cm³/mol. The van der Waals surface area contributed by atoms with E-state index < -0.39 is 16.1 Å². The van der Waals surface area contributed by atoms with Crippen molar-refractivity contribution in [3.63, 3.8) is 0 Å². The average molecular weight is 259 g/mol. The summed E-state index contributed by atoms with van der Waals surface area (Å²) in [5, 5.41) is 18.6. The number of sulfonamides is 1. The van der Waals surface area contributed by atoms with Gasteiger partial charge in [0.05, 0.1) is 6.10 Å². The Morgan fingerprint density at radius 3 is 2.47 bits per heavy atom. The van der Waals surface area contributed by atoms with Gasteiger partial charge in [-0.15, -0.1) is 0 Å². The minimum absolute atomic E-state index is 0.118. The normalized spacial score (nSPS) is 13.9. The summed E-state index contributed by atoms with van der Waals surface area (Å²) in [4.78, 5) is -0.118. The number of aliphatic hydroxyl groups is 1. The van der Waals surface area contributed by atoms with Crippen molar-refractivity contribution >= 4 is 10.0 Å². The van der Waals surface area contributed by atoms with Gasteiger partial charge >= 0.3 is 0 Å². The summed E-state index contributed by atoms with van der Waals surface area (Å²) in [6.07, 6.45) is -0.208. The van der Waals surface area contributed by atoms with Crippen LogP contribution in [0.25, 0.3) is 0 Å².